The number of fused-ring (bicyclic) bond motifs is 1. The number of halogens is 2. The fraction of sp³-hybridized carbons (Fsp3) is 0.556. The zero-order valence-electron chi connectivity index (χ0n) is 15.1. The molecular weight excluding hydrogens is 425 g/mol. The van der Waals surface area contributed by atoms with Crippen molar-refractivity contribution in [1.82, 2.24) is 15.5 Å². The van der Waals surface area contributed by atoms with Crippen LogP contribution in [0.15, 0.2) is 18.2 Å². The molecule has 3 heterocycles. The average Bonchev–Trinajstić information content (AvgIpc) is 3.33. The molecule has 2 amide bonds. The van der Waals surface area contributed by atoms with Gasteiger partial charge in [0.1, 0.15) is 0 Å². The summed E-state index contributed by atoms with van der Waals surface area (Å²) in [6.45, 7) is 1.83. The Morgan fingerprint density at radius 2 is 2.04 bits per heavy atom. The van der Waals surface area contributed by atoms with Gasteiger partial charge in [0.25, 0.3) is 5.91 Å². The van der Waals surface area contributed by atoms with Gasteiger partial charge in [-0.05, 0) is 30.5 Å². The minimum atomic E-state index is -1.02. The van der Waals surface area contributed by atoms with E-state index in [9.17, 15) is 9.59 Å². The molecule has 0 radical (unpaired) electrons. The van der Waals surface area contributed by atoms with E-state index in [4.69, 9.17) is 32.7 Å². The third kappa shape index (κ3) is 4.15. The Morgan fingerprint density at radius 3 is 2.79 bits per heavy atom. The summed E-state index contributed by atoms with van der Waals surface area (Å²) in [4.78, 5) is 25.0. The van der Waals surface area contributed by atoms with E-state index >= 15 is 0 Å². The second kappa shape index (κ2) is 8.18. The molecule has 0 bridgehead atoms. The Hall–Kier alpha value is -1.35. The van der Waals surface area contributed by atoms with Crippen molar-refractivity contribution in [3.05, 3.63) is 23.8 Å². The van der Waals surface area contributed by atoms with Gasteiger partial charge in [-0.15, -0.1) is 11.8 Å². The number of nitrogens with one attached hydrogen (secondary N) is 2. The number of rotatable bonds is 4. The van der Waals surface area contributed by atoms with Gasteiger partial charge in [-0.1, -0.05) is 29.3 Å². The molecule has 1 atom stereocenters. The van der Waals surface area contributed by atoms with Crippen LogP contribution in [0.3, 0.4) is 0 Å². The van der Waals surface area contributed by atoms with E-state index in [1.807, 2.05) is 18.2 Å². The minimum absolute atomic E-state index is 0.0258. The van der Waals surface area contributed by atoms with Crippen LogP contribution < -0.4 is 20.1 Å². The molecule has 1 aromatic carbocycles. The van der Waals surface area contributed by atoms with E-state index in [2.05, 4.69) is 10.6 Å². The smallest absolute Gasteiger partial charge is 0.255 e. The molecule has 2 N–H and O–H groups in total. The maximum absolute atomic E-state index is 12.6. The maximum atomic E-state index is 12.6. The van der Waals surface area contributed by atoms with Gasteiger partial charge >= 0.3 is 0 Å². The number of benzene rings is 1. The summed E-state index contributed by atoms with van der Waals surface area (Å²) in [5.74, 6) is 1.86. The Morgan fingerprint density at radius 1 is 1.29 bits per heavy atom. The predicted molar refractivity (Wildman–Crippen MR) is 108 cm³/mol. The Balaban J connectivity index is 1.27. The van der Waals surface area contributed by atoms with Gasteiger partial charge in [-0.2, -0.15) is 0 Å². The standard InChI is InChI=1S/C18H21Cl2N3O4S/c19-15(20)17(25)23-5-3-18(4-6-23)22-12(9-28-18)16(24)21-8-11-1-2-13-14(7-11)27-10-26-13/h1-2,7,12,15,22H,3-6,8-10H2,(H,21,24). The van der Waals surface area contributed by atoms with Crippen LogP contribution in [0.5, 0.6) is 11.5 Å². The van der Waals surface area contributed by atoms with Crippen LogP contribution in [0, 0.1) is 0 Å². The SMILES string of the molecule is O=C(NCc1ccc2c(c1)OCO2)C1CSC2(CCN(C(=O)C(Cl)Cl)CC2)N1. The highest BCUT2D eigenvalue weighted by Crippen LogP contribution is 2.39. The Kier molecular flexibility index (Phi) is 5.83. The van der Waals surface area contributed by atoms with Crippen molar-refractivity contribution in [1.29, 1.82) is 0 Å². The summed E-state index contributed by atoms with van der Waals surface area (Å²) in [7, 11) is 0. The van der Waals surface area contributed by atoms with Crippen molar-refractivity contribution < 1.29 is 19.1 Å². The summed E-state index contributed by atoms with van der Waals surface area (Å²) >= 11 is 13.1. The molecule has 10 heteroatoms. The second-order valence-electron chi connectivity index (χ2n) is 7.03. The molecule has 1 unspecified atom stereocenters. The quantitative estimate of drug-likeness (QED) is 0.688. The van der Waals surface area contributed by atoms with Crippen LogP contribution in [0.4, 0.5) is 0 Å². The van der Waals surface area contributed by atoms with Gasteiger partial charge in [0.2, 0.25) is 12.7 Å². The first-order valence-corrected chi connectivity index (χ1v) is 11.0. The van der Waals surface area contributed by atoms with Crippen LogP contribution in [0.2, 0.25) is 0 Å². The van der Waals surface area contributed by atoms with Crippen molar-refractivity contribution >= 4 is 46.8 Å². The van der Waals surface area contributed by atoms with E-state index < -0.39 is 4.84 Å². The van der Waals surface area contributed by atoms with Crippen molar-refractivity contribution in [2.75, 3.05) is 25.6 Å². The number of piperidine rings is 1. The van der Waals surface area contributed by atoms with Crippen LogP contribution in [0.25, 0.3) is 0 Å². The molecule has 28 heavy (non-hydrogen) atoms. The molecule has 4 rings (SSSR count). The first-order chi connectivity index (χ1) is 13.5. The normalized spacial score (nSPS) is 22.7. The topological polar surface area (TPSA) is 79.9 Å². The molecule has 152 valence electrons. The fourth-order valence-corrected chi connectivity index (χ4v) is 5.36. The molecule has 0 saturated carbocycles. The average molecular weight is 446 g/mol. The number of alkyl halides is 2. The molecule has 2 saturated heterocycles. The van der Waals surface area contributed by atoms with E-state index in [1.54, 1.807) is 16.7 Å². The largest absolute Gasteiger partial charge is 0.454 e. The zero-order valence-corrected chi connectivity index (χ0v) is 17.4. The number of ether oxygens (including phenoxy) is 2. The van der Waals surface area contributed by atoms with Crippen LogP contribution in [-0.2, 0) is 16.1 Å². The number of amides is 2. The van der Waals surface area contributed by atoms with Crippen LogP contribution in [-0.4, -0.2) is 58.1 Å². The predicted octanol–water partition coefficient (Wildman–Crippen LogP) is 1.86. The van der Waals surface area contributed by atoms with Gasteiger partial charge in [0.05, 0.1) is 10.9 Å². The first-order valence-electron chi connectivity index (χ1n) is 9.11. The highest BCUT2D eigenvalue weighted by atomic mass is 35.5. The lowest BCUT2D eigenvalue weighted by molar-refractivity contribution is -0.131. The van der Waals surface area contributed by atoms with E-state index in [-0.39, 0.29) is 29.5 Å². The van der Waals surface area contributed by atoms with Gasteiger partial charge in [0, 0.05) is 25.4 Å². The summed E-state index contributed by atoms with van der Waals surface area (Å²) < 4.78 is 10.7. The third-order valence-electron chi connectivity index (χ3n) is 5.25. The molecule has 0 aromatic heterocycles. The van der Waals surface area contributed by atoms with E-state index in [0.29, 0.717) is 31.1 Å². The minimum Gasteiger partial charge on any atom is -0.454 e. The van der Waals surface area contributed by atoms with Crippen molar-refractivity contribution in [2.24, 2.45) is 0 Å². The number of nitrogens with zero attached hydrogens (tertiary/aromatic N) is 1. The fourth-order valence-electron chi connectivity index (χ4n) is 3.66. The number of thioether (sulfide) groups is 1. The number of likely N-dealkylation sites (tertiary alicyclic amines) is 1. The molecule has 3 aliphatic heterocycles. The number of hydrogen-bond donors (Lipinski definition) is 2. The third-order valence-corrected chi connectivity index (χ3v) is 7.21. The summed E-state index contributed by atoms with van der Waals surface area (Å²) in [6.07, 6.45) is 1.52. The first kappa shape index (κ1) is 19.9. The molecule has 2 fully saturated rings. The van der Waals surface area contributed by atoms with Gasteiger partial charge in [-0.25, -0.2) is 0 Å². The maximum Gasteiger partial charge on any atom is 0.255 e. The molecule has 7 nitrogen and oxygen atoms in total. The number of carbonyl (C=O) groups is 2. The van der Waals surface area contributed by atoms with Crippen molar-refractivity contribution in [3.8, 4) is 11.5 Å². The Bertz CT molecular complexity index is 771. The highest BCUT2D eigenvalue weighted by molar-refractivity contribution is 8.01. The zero-order chi connectivity index (χ0) is 19.7. The molecule has 3 aliphatic rings. The summed E-state index contributed by atoms with van der Waals surface area (Å²) in [5.41, 5.74) is 0.960. The van der Waals surface area contributed by atoms with Crippen LogP contribution in [0.1, 0.15) is 18.4 Å². The molecule has 0 aliphatic carbocycles. The number of hydrogen-bond acceptors (Lipinski definition) is 6. The van der Waals surface area contributed by atoms with E-state index in [1.165, 1.54) is 0 Å². The number of carbonyl (C=O) groups excluding carboxylic acids is 2. The van der Waals surface area contributed by atoms with Gasteiger partial charge < -0.3 is 19.7 Å². The van der Waals surface area contributed by atoms with Gasteiger partial charge in [-0.3, -0.25) is 14.9 Å². The summed E-state index contributed by atoms with van der Waals surface area (Å²) in [5, 5.41) is 6.46. The second-order valence-corrected chi connectivity index (χ2v) is 9.53. The lowest BCUT2D eigenvalue weighted by Gasteiger charge is -2.39. The molecular formula is C18H21Cl2N3O4S. The Labute approximate surface area is 177 Å². The molecule has 1 aromatic rings. The van der Waals surface area contributed by atoms with Crippen molar-refractivity contribution in [2.45, 2.75) is 35.1 Å². The lowest BCUT2D eigenvalue weighted by atomic mass is 10.0. The van der Waals surface area contributed by atoms with Gasteiger partial charge in [0.15, 0.2) is 16.3 Å². The summed E-state index contributed by atoms with van der Waals surface area (Å²) in [6, 6.07) is 5.40. The van der Waals surface area contributed by atoms with E-state index in [0.717, 1.165) is 24.2 Å². The monoisotopic (exact) mass is 445 g/mol. The lowest BCUT2D eigenvalue weighted by Crippen LogP contribution is -2.54. The molecule has 1 spiro atoms. The van der Waals surface area contributed by atoms with Crippen molar-refractivity contribution in [3.63, 3.8) is 0 Å². The highest BCUT2D eigenvalue weighted by Gasteiger charge is 2.44. The van der Waals surface area contributed by atoms with Crippen LogP contribution >= 0.6 is 35.0 Å².